The second-order valence-electron chi connectivity index (χ2n) is 6.03. The molecule has 0 bridgehead atoms. The maximum atomic E-state index is 12.3. The molecule has 0 fully saturated rings. The van der Waals surface area contributed by atoms with Crippen LogP contribution in [0.3, 0.4) is 0 Å². The first-order chi connectivity index (χ1) is 12.0. The van der Waals surface area contributed by atoms with Gasteiger partial charge in [0.15, 0.2) is 0 Å². The molecule has 0 aliphatic carbocycles. The standard InChI is InChI=1S/C19H24N4O2.2ClH/c1-3-19(20,4-2)13-22-17(24)14-7-5-9-16(11-14)23-18(25)15-8-6-10-21-12-15;;/h5-12H,3-4,13,20H2,1-2H3,(H,22,24)(H,23,25);2*1H. The highest BCUT2D eigenvalue weighted by Gasteiger charge is 2.21. The number of hydrogen-bond acceptors (Lipinski definition) is 4. The average Bonchev–Trinajstić information content (AvgIpc) is 2.66. The predicted octanol–water partition coefficient (Wildman–Crippen LogP) is 3.42. The van der Waals surface area contributed by atoms with Gasteiger partial charge in [-0.05, 0) is 43.2 Å². The molecule has 4 N–H and O–H groups in total. The molecule has 0 spiro atoms. The number of aromatic nitrogens is 1. The number of nitrogens with one attached hydrogen (secondary N) is 2. The van der Waals surface area contributed by atoms with Gasteiger partial charge in [-0.25, -0.2) is 0 Å². The predicted molar refractivity (Wildman–Crippen MR) is 113 cm³/mol. The summed E-state index contributed by atoms with van der Waals surface area (Å²) < 4.78 is 0. The van der Waals surface area contributed by atoms with Gasteiger partial charge in [0.05, 0.1) is 5.56 Å². The highest BCUT2D eigenvalue weighted by molar-refractivity contribution is 6.04. The summed E-state index contributed by atoms with van der Waals surface area (Å²) in [5.74, 6) is -0.488. The largest absolute Gasteiger partial charge is 0.350 e. The van der Waals surface area contributed by atoms with Crippen LogP contribution in [0.5, 0.6) is 0 Å². The highest BCUT2D eigenvalue weighted by Crippen LogP contribution is 2.13. The molecule has 148 valence electrons. The number of anilines is 1. The van der Waals surface area contributed by atoms with Crippen LogP contribution in [0.15, 0.2) is 48.8 Å². The molecule has 0 aliphatic heterocycles. The van der Waals surface area contributed by atoms with Gasteiger partial charge in [-0.2, -0.15) is 0 Å². The van der Waals surface area contributed by atoms with Crippen LogP contribution in [0, 0.1) is 0 Å². The maximum absolute atomic E-state index is 12.3. The van der Waals surface area contributed by atoms with Gasteiger partial charge >= 0.3 is 0 Å². The van der Waals surface area contributed by atoms with Crippen molar-refractivity contribution < 1.29 is 9.59 Å². The van der Waals surface area contributed by atoms with Gasteiger partial charge in [0.25, 0.3) is 11.8 Å². The molecule has 2 amide bonds. The van der Waals surface area contributed by atoms with Crippen LogP contribution < -0.4 is 16.4 Å². The van der Waals surface area contributed by atoms with E-state index in [9.17, 15) is 9.59 Å². The highest BCUT2D eigenvalue weighted by atomic mass is 35.5. The van der Waals surface area contributed by atoms with Crippen LogP contribution in [0.1, 0.15) is 47.4 Å². The fraction of sp³-hybridized carbons (Fsp3) is 0.316. The first kappa shape index (κ1) is 24.8. The smallest absolute Gasteiger partial charge is 0.257 e. The number of rotatable bonds is 7. The van der Waals surface area contributed by atoms with E-state index in [1.54, 1.807) is 42.6 Å². The lowest BCUT2D eigenvalue weighted by molar-refractivity contribution is 0.0941. The minimum absolute atomic E-state index is 0. The number of hydrogen-bond donors (Lipinski definition) is 3. The molecule has 1 heterocycles. The number of nitrogens with zero attached hydrogens (tertiary/aromatic N) is 1. The zero-order valence-electron chi connectivity index (χ0n) is 15.4. The molecule has 0 aliphatic rings. The van der Waals surface area contributed by atoms with Crippen LogP contribution in [-0.2, 0) is 0 Å². The van der Waals surface area contributed by atoms with Crippen LogP contribution in [0.2, 0.25) is 0 Å². The quantitative estimate of drug-likeness (QED) is 0.648. The van der Waals surface area contributed by atoms with E-state index < -0.39 is 5.54 Å². The minimum Gasteiger partial charge on any atom is -0.350 e. The summed E-state index contributed by atoms with van der Waals surface area (Å²) in [6, 6.07) is 10.2. The Labute approximate surface area is 172 Å². The Morgan fingerprint density at radius 2 is 1.70 bits per heavy atom. The van der Waals surface area contributed by atoms with E-state index >= 15 is 0 Å². The van der Waals surface area contributed by atoms with E-state index in [2.05, 4.69) is 15.6 Å². The van der Waals surface area contributed by atoms with Crippen molar-refractivity contribution in [2.24, 2.45) is 5.73 Å². The summed E-state index contributed by atoms with van der Waals surface area (Å²) in [5, 5.41) is 5.63. The Balaban J connectivity index is 0.00000338. The summed E-state index contributed by atoms with van der Waals surface area (Å²) in [4.78, 5) is 28.4. The van der Waals surface area contributed by atoms with Crippen molar-refractivity contribution in [1.29, 1.82) is 0 Å². The number of carbonyl (C=O) groups excluding carboxylic acids is 2. The monoisotopic (exact) mass is 412 g/mol. The molecule has 0 radical (unpaired) electrons. The zero-order valence-corrected chi connectivity index (χ0v) is 17.0. The third-order valence-electron chi connectivity index (χ3n) is 4.32. The number of halogens is 2. The van der Waals surface area contributed by atoms with Crippen molar-refractivity contribution in [2.75, 3.05) is 11.9 Å². The summed E-state index contributed by atoms with van der Waals surface area (Å²) in [6.45, 7) is 4.42. The summed E-state index contributed by atoms with van der Waals surface area (Å²) in [6.07, 6.45) is 4.66. The van der Waals surface area contributed by atoms with Crippen LogP contribution in [-0.4, -0.2) is 28.9 Å². The minimum atomic E-state index is -0.401. The van der Waals surface area contributed by atoms with Crippen molar-refractivity contribution in [2.45, 2.75) is 32.2 Å². The van der Waals surface area contributed by atoms with Crippen molar-refractivity contribution in [1.82, 2.24) is 10.3 Å². The Bertz CT molecular complexity index is 737. The number of pyridine rings is 1. The summed E-state index contributed by atoms with van der Waals surface area (Å²) >= 11 is 0. The Morgan fingerprint density at radius 1 is 1.04 bits per heavy atom. The van der Waals surface area contributed by atoms with Gasteiger partial charge < -0.3 is 16.4 Å². The maximum Gasteiger partial charge on any atom is 0.257 e. The van der Waals surface area contributed by atoms with E-state index in [4.69, 9.17) is 5.73 Å². The van der Waals surface area contributed by atoms with E-state index in [0.29, 0.717) is 23.4 Å². The molecular weight excluding hydrogens is 387 g/mol. The number of benzene rings is 1. The molecule has 0 saturated carbocycles. The molecule has 0 saturated heterocycles. The molecule has 0 atom stereocenters. The van der Waals surface area contributed by atoms with Gasteiger partial charge in [0.2, 0.25) is 0 Å². The second-order valence-corrected chi connectivity index (χ2v) is 6.03. The van der Waals surface area contributed by atoms with Crippen molar-refractivity contribution in [3.8, 4) is 0 Å². The van der Waals surface area contributed by atoms with Crippen LogP contribution in [0.25, 0.3) is 0 Å². The molecule has 27 heavy (non-hydrogen) atoms. The van der Waals surface area contributed by atoms with Gasteiger partial charge in [0.1, 0.15) is 0 Å². The van der Waals surface area contributed by atoms with E-state index in [1.807, 2.05) is 13.8 Å². The Morgan fingerprint density at radius 3 is 2.30 bits per heavy atom. The summed E-state index contributed by atoms with van der Waals surface area (Å²) in [7, 11) is 0. The Hall–Kier alpha value is -2.15. The van der Waals surface area contributed by atoms with Crippen molar-refractivity contribution >= 4 is 42.3 Å². The van der Waals surface area contributed by atoms with E-state index in [1.165, 1.54) is 6.20 Å². The number of nitrogens with two attached hydrogens (primary N) is 1. The van der Waals surface area contributed by atoms with Gasteiger partial charge in [-0.3, -0.25) is 14.6 Å². The SMILES string of the molecule is CCC(N)(CC)CNC(=O)c1cccc(NC(=O)c2cccnc2)c1.Cl.Cl. The average molecular weight is 413 g/mol. The molecule has 8 heteroatoms. The molecule has 6 nitrogen and oxygen atoms in total. The lowest BCUT2D eigenvalue weighted by Crippen LogP contribution is -2.49. The Kier molecular flexibility index (Phi) is 10.6. The lowest BCUT2D eigenvalue weighted by atomic mass is 9.94. The zero-order chi connectivity index (χ0) is 18.3. The fourth-order valence-corrected chi connectivity index (χ4v) is 2.30. The first-order valence-corrected chi connectivity index (χ1v) is 8.36. The normalized spacial score (nSPS) is 10.2. The van der Waals surface area contributed by atoms with Gasteiger partial charge in [-0.15, -0.1) is 24.8 Å². The molecule has 2 rings (SSSR count). The van der Waals surface area contributed by atoms with Crippen molar-refractivity contribution in [3.05, 3.63) is 59.9 Å². The van der Waals surface area contributed by atoms with Gasteiger partial charge in [-0.1, -0.05) is 19.9 Å². The van der Waals surface area contributed by atoms with Crippen LogP contribution in [0.4, 0.5) is 5.69 Å². The molecule has 1 aromatic carbocycles. The molecule has 0 unspecified atom stereocenters. The van der Waals surface area contributed by atoms with Gasteiger partial charge in [0, 0.05) is 35.7 Å². The number of carbonyl (C=O) groups is 2. The third-order valence-corrected chi connectivity index (χ3v) is 4.32. The van der Waals surface area contributed by atoms with E-state index in [0.717, 1.165) is 12.8 Å². The molecule has 2 aromatic rings. The molecular formula is C19H26Cl2N4O2. The fourth-order valence-electron chi connectivity index (χ4n) is 2.30. The second kappa shape index (κ2) is 11.5. The van der Waals surface area contributed by atoms with Crippen LogP contribution >= 0.6 is 24.8 Å². The van der Waals surface area contributed by atoms with E-state index in [-0.39, 0.29) is 36.6 Å². The topological polar surface area (TPSA) is 97.1 Å². The lowest BCUT2D eigenvalue weighted by Gasteiger charge is -2.26. The molecule has 1 aromatic heterocycles. The van der Waals surface area contributed by atoms with Crippen molar-refractivity contribution in [3.63, 3.8) is 0 Å². The first-order valence-electron chi connectivity index (χ1n) is 8.36. The summed E-state index contributed by atoms with van der Waals surface area (Å²) in [5.41, 5.74) is 7.28. The third kappa shape index (κ3) is 7.17. The number of amides is 2.